The topological polar surface area (TPSA) is 66.8 Å². The van der Waals surface area contributed by atoms with Crippen molar-refractivity contribution in [3.05, 3.63) is 60.3 Å². The second-order valence-electron chi connectivity index (χ2n) is 18.0. The highest BCUT2D eigenvalue weighted by Gasteiger charge is 2.59. The summed E-state index contributed by atoms with van der Waals surface area (Å²) in [6, 6.07) is 0. The van der Waals surface area contributed by atoms with Gasteiger partial charge in [-0.15, -0.1) is 0 Å². The Morgan fingerprint density at radius 1 is 0.843 bits per heavy atom. The number of carbonyl (C=O) groups is 1. The molecule has 4 nitrogen and oxygen atoms in total. The predicted octanol–water partition coefficient (Wildman–Crippen LogP) is 12.0. The minimum absolute atomic E-state index is 0.000130. The molecule has 0 bridgehead atoms. The Hall–Kier alpha value is -1.91. The van der Waals surface area contributed by atoms with E-state index in [0.29, 0.717) is 24.7 Å². The van der Waals surface area contributed by atoms with Gasteiger partial charge in [-0.05, 0) is 117 Å². The molecule has 0 aromatic heterocycles. The van der Waals surface area contributed by atoms with Crippen molar-refractivity contribution in [1.29, 1.82) is 0 Å². The Balaban J connectivity index is 1.15. The average Bonchev–Trinajstić information content (AvgIpc) is 3.45. The molecule has 4 heteroatoms. The van der Waals surface area contributed by atoms with E-state index in [1.807, 2.05) is 42.5 Å². The van der Waals surface area contributed by atoms with Crippen molar-refractivity contribution in [2.24, 2.45) is 46.3 Å². The molecular formula is C47H76O4. The molecule has 4 aliphatic rings. The van der Waals surface area contributed by atoms with Gasteiger partial charge in [-0.1, -0.05) is 140 Å². The zero-order chi connectivity index (χ0) is 36.9. The fraction of sp³-hybridized carbons (Fsp3) is 0.766. The summed E-state index contributed by atoms with van der Waals surface area (Å²) < 4.78 is 6.05. The molecule has 4 rings (SSSR count). The van der Waals surface area contributed by atoms with E-state index in [1.54, 1.807) is 11.6 Å². The first-order valence-corrected chi connectivity index (χ1v) is 21.4. The molecule has 0 radical (unpaired) electrons. The third-order valence-corrected chi connectivity index (χ3v) is 14.0. The third kappa shape index (κ3) is 11.8. The van der Waals surface area contributed by atoms with Crippen molar-refractivity contribution in [2.45, 2.75) is 182 Å². The summed E-state index contributed by atoms with van der Waals surface area (Å²) in [6.45, 7) is 14.7. The van der Waals surface area contributed by atoms with E-state index < -0.39 is 6.10 Å². The van der Waals surface area contributed by atoms with Gasteiger partial charge in [0, 0.05) is 12.8 Å². The molecule has 0 amide bonds. The first kappa shape index (κ1) is 41.8. The monoisotopic (exact) mass is 705 g/mol. The molecule has 0 aromatic rings. The number of ether oxygens (including phenoxy) is 1. The molecule has 51 heavy (non-hydrogen) atoms. The molecule has 0 aromatic carbocycles. The van der Waals surface area contributed by atoms with Gasteiger partial charge >= 0.3 is 5.97 Å². The summed E-state index contributed by atoms with van der Waals surface area (Å²) in [6.07, 6.45) is 37.7. The molecule has 0 spiro atoms. The van der Waals surface area contributed by atoms with Crippen molar-refractivity contribution in [2.75, 3.05) is 0 Å². The largest absolute Gasteiger partial charge is 0.462 e. The summed E-state index contributed by atoms with van der Waals surface area (Å²) in [5, 5.41) is 20.3. The van der Waals surface area contributed by atoms with E-state index in [1.165, 1.54) is 64.2 Å². The van der Waals surface area contributed by atoms with E-state index >= 15 is 0 Å². The SMILES string of the molecule is CCCCC[C@H](O)/C=C/C=C\C/C=C\C=C\[C@H](O)CCCC(=O)O[C@H]1CC[C@@]2(C)C(=CC[C@H]3[C@@H]4CC[C@H]([C@H](C)CCCC(C)C)[C@@]4(C)CC[C@@H]32)C1. The van der Waals surface area contributed by atoms with Gasteiger partial charge in [-0.2, -0.15) is 0 Å². The summed E-state index contributed by atoms with van der Waals surface area (Å²) in [4.78, 5) is 12.8. The first-order valence-electron chi connectivity index (χ1n) is 21.4. The quantitative estimate of drug-likeness (QED) is 0.0573. The lowest BCUT2D eigenvalue weighted by Crippen LogP contribution is -2.51. The number of rotatable bonds is 20. The number of hydrogen-bond donors (Lipinski definition) is 2. The number of aliphatic hydroxyl groups is 2. The van der Waals surface area contributed by atoms with Crippen LogP contribution in [0.5, 0.6) is 0 Å². The minimum atomic E-state index is -0.563. The number of hydrogen-bond acceptors (Lipinski definition) is 4. The van der Waals surface area contributed by atoms with Crippen molar-refractivity contribution < 1.29 is 19.7 Å². The third-order valence-electron chi connectivity index (χ3n) is 14.0. The maximum absolute atomic E-state index is 12.8. The Labute approximate surface area is 313 Å². The van der Waals surface area contributed by atoms with Gasteiger partial charge in [0.2, 0.25) is 0 Å². The van der Waals surface area contributed by atoms with Crippen LogP contribution in [0, 0.1) is 46.3 Å². The van der Waals surface area contributed by atoms with Crippen LogP contribution in [0.15, 0.2) is 60.3 Å². The molecule has 0 saturated heterocycles. The van der Waals surface area contributed by atoms with Crippen LogP contribution in [0.4, 0.5) is 0 Å². The molecule has 3 saturated carbocycles. The fourth-order valence-electron chi connectivity index (χ4n) is 11.0. The maximum atomic E-state index is 12.8. The maximum Gasteiger partial charge on any atom is 0.306 e. The second kappa shape index (κ2) is 20.5. The molecular weight excluding hydrogens is 629 g/mol. The Morgan fingerprint density at radius 2 is 1.55 bits per heavy atom. The Kier molecular flexibility index (Phi) is 16.8. The molecule has 4 aliphatic carbocycles. The van der Waals surface area contributed by atoms with Crippen molar-refractivity contribution in [3.63, 3.8) is 0 Å². The fourth-order valence-corrected chi connectivity index (χ4v) is 11.0. The minimum Gasteiger partial charge on any atom is -0.462 e. The van der Waals surface area contributed by atoms with Gasteiger partial charge in [0.05, 0.1) is 12.2 Å². The van der Waals surface area contributed by atoms with Gasteiger partial charge in [-0.3, -0.25) is 4.79 Å². The average molecular weight is 705 g/mol. The lowest BCUT2D eigenvalue weighted by Gasteiger charge is -2.58. The molecule has 2 N–H and O–H groups in total. The lowest BCUT2D eigenvalue weighted by molar-refractivity contribution is -0.151. The van der Waals surface area contributed by atoms with E-state index in [2.05, 4.69) is 47.6 Å². The molecule has 0 unspecified atom stereocenters. The molecule has 0 aliphatic heterocycles. The van der Waals surface area contributed by atoms with E-state index in [0.717, 1.165) is 74.0 Å². The van der Waals surface area contributed by atoms with Crippen LogP contribution in [-0.2, 0) is 9.53 Å². The number of carbonyl (C=O) groups excluding carboxylic acids is 1. The number of allylic oxidation sites excluding steroid dienone is 7. The van der Waals surface area contributed by atoms with Crippen LogP contribution >= 0.6 is 0 Å². The van der Waals surface area contributed by atoms with E-state index in [9.17, 15) is 15.0 Å². The Morgan fingerprint density at radius 3 is 2.24 bits per heavy atom. The predicted molar refractivity (Wildman–Crippen MR) is 214 cm³/mol. The number of fused-ring (bicyclic) bond motifs is 5. The van der Waals surface area contributed by atoms with Crippen molar-refractivity contribution >= 4 is 5.97 Å². The number of unbranched alkanes of at least 4 members (excludes halogenated alkanes) is 2. The summed E-state index contributed by atoms with van der Waals surface area (Å²) in [5.41, 5.74) is 2.36. The van der Waals surface area contributed by atoms with Crippen LogP contribution in [0.25, 0.3) is 0 Å². The Bertz CT molecular complexity index is 1210. The molecule has 0 heterocycles. The normalized spacial score (nSPS) is 32.7. The lowest BCUT2D eigenvalue weighted by atomic mass is 9.47. The number of aliphatic hydroxyl groups excluding tert-OH is 2. The highest BCUT2D eigenvalue weighted by atomic mass is 16.5. The van der Waals surface area contributed by atoms with Crippen molar-refractivity contribution in [1.82, 2.24) is 0 Å². The molecule has 288 valence electrons. The van der Waals surface area contributed by atoms with Crippen molar-refractivity contribution in [3.8, 4) is 0 Å². The first-order chi connectivity index (χ1) is 24.5. The zero-order valence-electron chi connectivity index (χ0n) is 33.5. The standard InChI is InChI=1S/C47H76O4/c1-7-8-14-21-38(48)22-15-12-10-9-11-13-16-23-39(49)24-18-25-45(50)51-40-30-32-46(5)37(34-40)26-27-41-43-29-28-42(36(4)20-17-19-35(2)3)47(43,6)33-31-44(41)46/h10-13,15-16,22-23,26,35-36,38-44,48-49H,7-9,14,17-21,24-25,27-34H2,1-6H3/b12-10-,13-11-,22-15+,23-16+/t36-,38+,39+,40+,41+,42-,43+,44+,46+,47-/m1/s1. The second-order valence-corrected chi connectivity index (χ2v) is 18.0. The van der Waals surface area contributed by atoms with Gasteiger partial charge in [0.25, 0.3) is 0 Å². The van der Waals surface area contributed by atoms with E-state index in [4.69, 9.17) is 4.74 Å². The summed E-state index contributed by atoms with van der Waals surface area (Å²) in [7, 11) is 0. The van der Waals surface area contributed by atoms with Crippen LogP contribution in [0.3, 0.4) is 0 Å². The highest BCUT2D eigenvalue weighted by Crippen LogP contribution is 2.67. The summed E-state index contributed by atoms with van der Waals surface area (Å²) in [5.74, 6) is 4.92. The van der Waals surface area contributed by atoms with Crippen LogP contribution in [0.1, 0.15) is 164 Å². The summed E-state index contributed by atoms with van der Waals surface area (Å²) >= 11 is 0. The van der Waals surface area contributed by atoms with Gasteiger partial charge in [0.15, 0.2) is 0 Å². The van der Waals surface area contributed by atoms with Gasteiger partial charge < -0.3 is 14.9 Å². The smallest absolute Gasteiger partial charge is 0.306 e. The highest BCUT2D eigenvalue weighted by molar-refractivity contribution is 5.69. The van der Waals surface area contributed by atoms with Gasteiger partial charge in [0.1, 0.15) is 6.10 Å². The van der Waals surface area contributed by atoms with E-state index in [-0.39, 0.29) is 23.6 Å². The number of esters is 1. The van der Waals surface area contributed by atoms with Gasteiger partial charge in [-0.25, -0.2) is 0 Å². The molecule has 3 fully saturated rings. The molecule has 10 atom stereocenters. The van der Waals surface area contributed by atoms with Crippen LogP contribution in [-0.4, -0.2) is 34.5 Å². The zero-order valence-corrected chi connectivity index (χ0v) is 33.5. The van der Waals surface area contributed by atoms with Crippen LogP contribution in [0.2, 0.25) is 0 Å². The van der Waals surface area contributed by atoms with Crippen LogP contribution < -0.4 is 0 Å².